The lowest BCUT2D eigenvalue weighted by Gasteiger charge is -2.29. The van der Waals surface area contributed by atoms with Crippen LogP contribution in [0.4, 0.5) is 11.4 Å². The zero-order valence-corrected chi connectivity index (χ0v) is 16.0. The van der Waals surface area contributed by atoms with E-state index in [1.165, 1.54) is 24.3 Å². The highest BCUT2D eigenvalue weighted by Gasteiger charge is 2.43. The van der Waals surface area contributed by atoms with Gasteiger partial charge in [0, 0.05) is 25.2 Å². The van der Waals surface area contributed by atoms with Crippen molar-refractivity contribution in [1.29, 1.82) is 0 Å². The number of imide groups is 1. The highest BCUT2D eigenvalue weighted by molar-refractivity contribution is 6.47. The zero-order chi connectivity index (χ0) is 20.5. The Balaban J connectivity index is 1.83. The number of benzene rings is 2. The Kier molecular flexibility index (Phi) is 5.04. The Bertz CT molecular complexity index is 1030. The Morgan fingerprint density at radius 1 is 0.966 bits per heavy atom. The van der Waals surface area contributed by atoms with Gasteiger partial charge in [-0.3, -0.25) is 19.7 Å². The van der Waals surface area contributed by atoms with E-state index in [1.54, 1.807) is 24.3 Å². The average Bonchev–Trinajstić information content (AvgIpc) is 2.99. The maximum absolute atomic E-state index is 13.3. The third-order valence-electron chi connectivity index (χ3n) is 4.85. The molecule has 2 amide bonds. The highest BCUT2D eigenvalue weighted by Crippen LogP contribution is 2.38. The molecule has 2 heterocycles. The van der Waals surface area contributed by atoms with Gasteiger partial charge < -0.3 is 9.64 Å². The minimum atomic E-state index is -0.515. The molecule has 8 nitrogen and oxygen atoms in total. The lowest BCUT2D eigenvalue weighted by molar-refractivity contribution is -0.384. The molecule has 9 heteroatoms. The maximum atomic E-state index is 13.3. The summed E-state index contributed by atoms with van der Waals surface area (Å²) in [6.07, 6.45) is 0. The molecule has 0 radical (unpaired) electrons. The molecule has 148 valence electrons. The molecular weight excluding hydrogens is 398 g/mol. The number of anilines is 1. The predicted octanol–water partition coefficient (Wildman–Crippen LogP) is 2.86. The zero-order valence-electron chi connectivity index (χ0n) is 15.2. The molecule has 0 unspecified atom stereocenters. The van der Waals surface area contributed by atoms with Crippen LogP contribution in [0.5, 0.6) is 0 Å². The summed E-state index contributed by atoms with van der Waals surface area (Å²) in [5, 5.41) is 11.2. The lowest BCUT2D eigenvalue weighted by atomic mass is 10.0. The van der Waals surface area contributed by atoms with E-state index in [-0.39, 0.29) is 22.0 Å². The number of nitro benzene ring substituents is 1. The average molecular weight is 414 g/mol. The quantitative estimate of drug-likeness (QED) is 0.434. The van der Waals surface area contributed by atoms with E-state index in [4.69, 9.17) is 16.3 Å². The van der Waals surface area contributed by atoms with E-state index in [1.807, 2.05) is 4.90 Å². The Hall–Kier alpha value is -3.23. The van der Waals surface area contributed by atoms with Crippen molar-refractivity contribution in [2.75, 3.05) is 31.2 Å². The highest BCUT2D eigenvalue weighted by atomic mass is 35.5. The molecule has 2 aliphatic rings. The third kappa shape index (κ3) is 3.37. The van der Waals surface area contributed by atoms with Crippen molar-refractivity contribution in [3.05, 3.63) is 74.9 Å². The van der Waals surface area contributed by atoms with Gasteiger partial charge in [0.25, 0.3) is 17.5 Å². The smallest absolute Gasteiger partial charge is 0.282 e. The van der Waals surface area contributed by atoms with Gasteiger partial charge in [-0.25, -0.2) is 4.90 Å². The van der Waals surface area contributed by atoms with E-state index in [2.05, 4.69) is 0 Å². The van der Waals surface area contributed by atoms with E-state index in [0.717, 1.165) is 4.90 Å². The van der Waals surface area contributed by atoms with Gasteiger partial charge in [-0.1, -0.05) is 23.7 Å². The second-order valence-electron chi connectivity index (χ2n) is 6.52. The standard InChI is InChI=1S/C20H16ClN3O5/c21-15-3-1-2-4-16(15)23-19(25)17(13-5-7-14(8-6-13)24(27)28)18(20(23)26)22-9-11-29-12-10-22/h1-8H,9-12H2. The molecule has 0 aromatic heterocycles. The van der Waals surface area contributed by atoms with Crippen molar-refractivity contribution in [3.8, 4) is 0 Å². The number of rotatable bonds is 4. The second kappa shape index (κ2) is 7.65. The van der Waals surface area contributed by atoms with E-state index in [9.17, 15) is 19.7 Å². The Morgan fingerprint density at radius 3 is 2.24 bits per heavy atom. The molecule has 0 spiro atoms. The number of hydrogen-bond acceptors (Lipinski definition) is 6. The van der Waals surface area contributed by atoms with E-state index < -0.39 is 16.7 Å². The fraction of sp³-hybridized carbons (Fsp3) is 0.200. The molecule has 29 heavy (non-hydrogen) atoms. The van der Waals surface area contributed by atoms with Gasteiger partial charge in [-0.2, -0.15) is 0 Å². The fourth-order valence-electron chi connectivity index (χ4n) is 3.46. The predicted molar refractivity (Wildman–Crippen MR) is 106 cm³/mol. The van der Waals surface area contributed by atoms with Crippen LogP contribution in [0, 0.1) is 10.1 Å². The molecule has 1 saturated heterocycles. The molecular formula is C20H16ClN3O5. The number of morpholine rings is 1. The summed E-state index contributed by atoms with van der Waals surface area (Å²) in [5.74, 6) is -0.989. The number of nitrogens with zero attached hydrogens (tertiary/aromatic N) is 3. The maximum Gasteiger partial charge on any atom is 0.282 e. The number of hydrogen-bond donors (Lipinski definition) is 0. The lowest BCUT2D eigenvalue weighted by Crippen LogP contribution is -2.40. The molecule has 0 bridgehead atoms. The third-order valence-corrected chi connectivity index (χ3v) is 5.17. The number of non-ortho nitro benzene ring substituents is 1. The van der Waals surface area contributed by atoms with Crippen LogP contribution in [0.15, 0.2) is 54.2 Å². The number of para-hydroxylation sites is 1. The first kappa shape index (κ1) is 19.1. The first-order chi connectivity index (χ1) is 14.0. The largest absolute Gasteiger partial charge is 0.378 e. The van der Waals surface area contributed by atoms with Crippen LogP contribution >= 0.6 is 11.6 Å². The van der Waals surface area contributed by atoms with Crippen molar-refractivity contribution in [2.24, 2.45) is 0 Å². The van der Waals surface area contributed by atoms with Crippen molar-refractivity contribution >= 4 is 40.4 Å². The Labute approximate surface area is 171 Å². The summed E-state index contributed by atoms with van der Waals surface area (Å²) in [6, 6.07) is 12.2. The van der Waals surface area contributed by atoms with Gasteiger partial charge in [0.15, 0.2) is 0 Å². The molecule has 0 aliphatic carbocycles. The number of halogens is 1. The number of ether oxygens (including phenoxy) is 1. The molecule has 0 saturated carbocycles. The summed E-state index contributed by atoms with van der Waals surface area (Å²) >= 11 is 6.24. The first-order valence-electron chi connectivity index (χ1n) is 8.94. The van der Waals surface area contributed by atoms with Crippen LogP contribution in [0.25, 0.3) is 5.57 Å². The summed E-state index contributed by atoms with van der Waals surface area (Å²) in [6.45, 7) is 1.79. The van der Waals surface area contributed by atoms with Crippen LogP contribution in [-0.4, -0.2) is 47.9 Å². The minimum Gasteiger partial charge on any atom is -0.378 e. The van der Waals surface area contributed by atoms with Crippen LogP contribution in [-0.2, 0) is 14.3 Å². The van der Waals surface area contributed by atoms with Crippen molar-refractivity contribution < 1.29 is 19.2 Å². The van der Waals surface area contributed by atoms with Gasteiger partial charge >= 0.3 is 0 Å². The van der Waals surface area contributed by atoms with Gasteiger partial charge in [0.1, 0.15) is 5.70 Å². The summed E-state index contributed by atoms with van der Waals surface area (Å²) in [5.41, 5.74) is 1.10. The van der Waals surface area contributed by atoms with Gasteiger partial charge in [-0.15, -0.1) is 0 Å². The molecule has 1 fully saturated rings. The molecule has 2 aliphatic heterocycles. The number of amides is 2. The summed E-state index contributed by atoms with van der Waals surface area (Å²) < 4.78 is 5.36. The SMILES string of the molecule is O=C1C(c2ccc([N+](=O)[O-])cc2)=C(N2CCOCC2)C(=O)N1c1ccccc1Cl. The summed E-state index contributed by atoms with van der Waals surface area (Å²) in [4.78, 5) is 40.0. The molecule has 2 aromatic carbocycles. The molecule has 0 atom stereocenters. The van der Waals surface area contributed by atoms with Gasteiger partial charge in [-0.05, 0) is 29.8 Å². The number of carbonyl (C=O) groups excluding carboxylic acids is 2. The molecule has 0 N–H and O–H groups in total. The summed E-state index contributed by atoms with van der Waals surface area (Å²) in [7, 11) is 0. The first-order valence-corrected chi connectivity index (χ1v) is 9.32. The fourth-order valence-corrected chi connectivity index (χ4v) is 3.68. The molecule has 4 rings (SSSR count). The normalized spacial score (nSPS) is 17.3. The number of carbonyl (C=O) groups is 2. The van der Waals surface area contributed by atoms with Gasteiger partial charge in [0.05, 0.1) is 34.4 Å². The second-order valence-corrected chi connectivity index (χ2v) is 6.93. The van der Waals surface area contributed by atoms with Crippen LogP contribution in [0.1, 0.15) is 5.56 Å². The van der Waals surface area contributed by atoms with Crippen molar-refractivity contribution in [2.45, 2.75) is 0 Å². The van der Waals surface area contributed by atoms with Crippen LogP contribution in [0.3, 0.4) is 0 Å². The number of nitro groups is 1. The molecule has 2 aromatic rings. The topological polar surface area (TPSA) is 93.0 Å². The van der Waals surface area contributed by atoms with Crippen LogP contribution < -0.4 is 4.90 Å². The van der Waals surface area contributed by atoms with Gasteiger partial charge in [0.2, 0.25) is 0 Å². The minimum absolute atomic E-state index is 0.0954. The monoisotopic (exact) mass is 413 g/mol. The van der Waals surface area contributed by atoms with Crippen LogP contribution in [0.2, 0.25) is 5.02 Å². The van der Waals surface area contributed by atoms with E-state index >= 15 is 0 Å². The van der Waals surface area contributed by atoms with Crippen molar-refractivity contribution in [3.63, 3.8) is 0 Å². The van der Waals surface area contributed by atoms with E-state index in [0.29, 0.717) is 37.6 Å². The van der Waals surface area contributed by atoms with Crippen molar-refractivity contribution in [1.82, 2.24) is 4.90 Å². The Morgan fingerprint density at radius 2 is 1.62 bits per heavy atom.